The van der Waals surface area contributed by atoms with Crippen LogP contribution in [0.2, 0.25) is 0 Å². The van der Waals surface area contributed by atoms with Crippen LogP contribution in [0.15, 0.2) is 6.20 Å². The summed E-state index contributed by atoms with van der Waals surface area (Å²) in [5.74, 6) is -1.30. The summed E-state index contributed by atoms with van der Waals surface area (Å²) in [5.41, 5.74) is -0.715. The molecule has 0 radical (unpaired) electrons. The number of hydrogen-bond donors (Lipinski definition) is 0. The van der Waals surface area contributed by atoms with E-state index in [0.29, 0.717) is 0 Å². The van der Waals surface area contributed by atoms with Gasteiger partial charge in [-0.1, -0.05) is 0 Å². The molecule has 2 nitrogen and oxygen atoms in total. The molecular formula is C8H8F3NO. The molecule has 0 spiro atoms. The summed E-state index contributed by atoms with van der Waals surface area (Å²) in [7, 11) is 1.20. The van der Waals surface area contributed by atoms with Gasteiger partial charge in [-0.15, -0.1) is 0 Å². The Hall–Kier alpha value is -1.26. The smallest absolute Gasteiger partial charge is 0.268 e. The van der Waals surface area contributed by atoms with Crippen LogP contribution in [0, 0.1) is 12.7 Å². The molecule has 0 saturated carbocycles. The van der Waals surface area contributed by atoms with Crippen molar-refractivity contribution >= 4 is 0 Å². The lowest BCUT2D eigenvalue weighted by molar-refractivity contribution is 0.143. The Morgan fingerprint density at radius 2 is 2.08 bits per heavy atom. The Morgan fingerprint density at radius 3 is 2.54 bits per heavy atom. The SMILES string of the molecule is COc1cnc(C)c(C(F)F)c1F. The van der Waals surface area contributed by atoms with Crippen molar-refractivity contribution in [3.05, 3.63) is 23.3 Å². The maximum Gasteiger partial charge on any atom is 0.268 e. The summed E-state index contributed by atoms with van der Waals surface area (Å²) < 4.78 is 42.2. The molecule has 0 fully saturated rings. The lowest BCUT2D eigenvalue weighted by Crippen LogP contribution is -2.01. The second-order valence-corrected chi connectivity index (χ2v) is 2.44. The first-order valence-corrected chi connectivity index (χ1v) is 3.55. The van der Waals surface area contributed by atoms with E-state index in [0.717, 1.165) is 6.20 Å². The van der Waals surface area contributed by atoms with Gasteiger partial charge in [-0.25, -0.2) is 13.2 Å². The summed E-state index contributed by atoms with van der Waals surface area (Å²) in [6, 6.07) is 0. The van der Waals surface area contributed by atoms with Crippen LogP contribution >= 0.6 is 0 Å². The Kier molecular flexibility index (Phi) is 2.75. The molecule has 1 aromatic rings. The highest BCUT2D eigenvalue weighted by Gasteiger charge is 2.20. The van der Waals surface area contributed by atoms with Gasteiger partial charge in [-0.2, -0.15) is 0 Å². The van der Waals surface area contributed by atoms with E-state index in [4.69, 9.17) is 0 Å². The third kappa shape index (κ3) is 1.74. The maximum atomic E-state index is 13.1. The predicted molar refractivity (Wildman–Crippen MR) is 40.4 cm³/mol. The number of aromatic nitrogens is 1. The normalized spacial score (nSPS) is 10.6. The molecule has 1 rings (SSSR count). The van der Waals surface area contributed by atoms with E-state index in [-0.39, 0.29) is 11.4 Å². The van der Waals surface area contributed by atoms with E-state index in [9.17, 15) is 13.2 Å². The predicted octanol–water partition coefficient (Wildman–Crippen LogP) is 2.48. The number of aryl methyl sites for hydroxylation is 1. The third-order valence-electron chi connectivity index (χ3n) is 1.66. The second kappa shape index (κ2) is 3.64. The molecular weight excluding hydrogens is 183 g/mol. The summed E-state index contributed by atoms with van der Waals surface area (Å²) in [5, 5.41) is 0. The minimum Gasteiger partial charge on any atom is -0.492 e. The molecule has 0 saturated heterocycles. The van der Waals surface area contributed by atoms with Crippen LogP contribution in [0.1, 0.15) is 17.7 Å². The highest BCUT2D eigenvalue weighted by molar-refractivity contribution is 5.32. The fourth-order valence-electron chi connectivity index (χ4n) is 0.969. The molecule has 5 heteroatoms. The van der Waals surface area contributed by atoms with Crippen LogP contribution in [0.4, 0.5) is 13.2 Å². The average Bonchev–Trinajstić information content (AvgIpc) is 2.04. The van der Waals surface area contributed by atoms with E-state index in [1.54, 1.807) is 0 Å². The van der Waals surface area contributed by atoms with Crippen molar-refractivity contribution in [2.75, 3.05) is 7.11 Å². The number of ether oxygens (including phenoxy) is 1. The zero-order valence-electron chi connectivity index (χ0n) is 7.14. The number of hydrogen-bond acceptors (Lipinski definition) is 2. The minimum absolute atomic E-state index is 0.0201. The number of rotatable bonds is 2. The first kappa shape index (κ1) is 9.83. The maximum absolute atomic E-state index is 13.1. The topological polar surface area (TPSA) is 22.1 Å². The molecule has 0 aliphatic heterocycles. The van der Waals surface area contributed by atoms with Gasteiger partial charge in [0.25, 0.3) is 6.43 Å². The molecule has 0 N–H and O–H groups in total. The highest BCUT2D eigenvalue weighted by atomic mass is 19.3. The van der Waals surface area contributed by atoms with Gasteiger partial charge in [0.1, 0.15) is 0 Å². The molecule has 0 atom stereocenters. The largest absolute Gasteiger partial charge is 0.492 e. The monoisotopic (exact) mass is 191 g/mol. The van der Waals surface area contributed by atoms with Gasteiger partial charge in [-0.3, -0.25) is 4.98 Å². The van der Waals surface area contributed by atoms with Crippen molar-refractivity contribution in [3.8, 4) is 5.75 Å². The Labute approximate surface area is 73.4 Å². The second-order valence-electron chi connectivity index (χ2n) is 2.44. The van der Waals surface area contributed by atoms with Crippen LogP contribution in [-0.2, 0) is 0 Å². The van der Waals surface area contributed by atoms with Crippen LogP contribution in [0.25, 0.3) is 0 Å². The Morgan fingerprint density at radius 1 is 1.46 bits per heavy atom. The van der Waals surface area contributed by atoms with Crippen molar-refractivity contribution in [3.63, 3.8) is 0 Å². The van der Waals surface area contributed by atoms with Crippen LogP contribution in [0.5, 0.6) is 5.75 Å². The molecule has 0 amide bonds. The summed E-state index contributed by atoms with van der Waals surface area (Å²) in [6.45, 7) is 1.32. The number of methoxy groups -OCH3 is 1. The minimum atomic E-state index is -2.87. The molecule has 0 aliphatic carbocycles. The van der Waals surface area contributed by atoms with Crippen LogP contribution < -0.4 is 4.74 Å². The quantitative estimate of drug-likeness (QED) is 0.716. The van der Waals surface area contributed by atoms with E-state index in [1.807, 2.05) is 0 Å². The molecule has 0 aliphatic rings. The zero-order chi connectivity index (χ0) is 10.0. The fraction of sp³-hybridized carbons (Fsp3) is 0.375. The van der Waals surface area contributed by atoms with Crippen LogP contribution in [0.3, 0.4) is 0 Å². The molecule has 72 valence electrons. The fourth-order valence-corrected chi connectivity index (χ4v) is 0.969. The Balaban J connectivity index is 3.30. The van der Waals surface area contributed by atoms with Crippen molar-refractivity contribution in [1.82, 2.24) is 4.98 Å². The number of alkyl halides is 2. The summed E-state index contributed by atoms with van der Waals surface area (Å²) >= 11 is 0. The van der Waals surface area contributed by atoms with Crippen molar-refractivity contribution in [2.24, 2.45) is 0 Å². The van der Waals surface area contributed by atoms with E-state index in [2.05, 4.69) is 9.72 Å². The molecule has 0 bridgehead atoms. The first-order valence-electron chi connectivity index (χ1n) is 3.55. The van der Waals surface area contributed by atoms with Crippen molar-refractivity contribution in [1.29, 1.82) is 0 Å². The number of halogens is 3. The highest BCUT2D eigenvalue weighted by Crippen LogP contribution is 2.29. The average molecular weight is 191 g/mol. The molecule has 1 heterocycles. The lowest BCUT2D eigenvalue weighted by Gasteiger charge is -2.08. The first-order chi connectivity index (χ1) is 6.07. The molecule has 13 heavy (non-hydrogen) atoms. The van der Waals surface area contributed by atoms with Gasteiger partial charge in [-0.05, 0) is 6.92 Å². The van der Waals surface area contributed by atoms with E-state index < -0.39 is 17.8 Å². The van der Waals surface area contributed by atoms with Gasteiger partial charge in [0.05, 0.1) is 18.9 Å². The van der Waals surface area contributed by atoms with Gasteiger partial charge < -0.3 is 4.74 Å². The van der Waals surface area contributed by atoms with Gasteiger partial charge in [0, 0.05) is 5.69 Å². The van der Waals surface area contributed by atoms with Crippen molar-refractivity contribution < 1.29 is 17.9 Å². The third-order valence-corrected chi connectivity index (χ3v) is 1.66. The van der Waals surface area contributed by atoms with Crippen molar-refractivity contribution in [2.45, 2.75) is 13.3 Å². The molecule has 0 unspecified atom stereocenters. The van der Waals surface area contributed by atoms with Crippen LogP contribution in [-0.4, -0.2) is 12.1 Å². The van der Waals surface area contributed by atoms with E-state index in [1.165, 1.54) is 14.0 Å². The number of nitrogens with zero attached hydrogens (tertiary/aromatic N) is 1. The molecule has 1 aromatic heterocycles. The zero-order valence-corrected chi connectivity index (χ0v) is 7.14. The summed E-state index contributed by atoms with van der Waals surface area (Å²) in [4.78, 5) is 3.59. The van der Waals surface area contributed by atoms with Gasteiger partial charge in [0.15, 0.2) is 11.6 Å². The molecule has 0 aromatic carbocycles. The summed E-state index contributed by atoms with van der Waals surface area (Å²) in [6.07, 6.45) is -1.79. The van der Waals surface area contributed by atoms with E-state index >= 15 is 0 Å². The Bertz CT molecular complexity index is 315. The van der Waals surface area contributed by atoms with Gasteiger partial charge in [0.2, 0.25) is 0 Å². The lowest BCUT2D eigenvalue weighted by atomic mass is 10.2. The standard InChI is InChI=1S/C8H8F3NO/c1-4-6(8(10)11)7(9)5(13-2)3-12-4/h3,8H,1-2H3. The van der Waals surface area contributed by atoms with Gasteiger partial charge >= 0.3 is 0 Å². The number of pyridine rings is 1.